The van der Waals surface area contributed by atoms with Gasteiger partial charge in [-0.2, -0.15) is 0 Å². The molecule has 0 N–H and O–H groups in total. The summed E-state index contributed by atoms with van der Waals surface area (Å²) in [4.78, 5) is 6.74. The van der Waals surface area contributed by atoms with Crippen molar-refractivity contribution in [3.05, 3.63) is 35.9 Å². The molecule has 86 valence electrons. The lowest BCUT2D eigenvalue weighted by molar-refractivity contribution is 0.273. The van der Waals surface area contributed by atoms with E-state index >= 15 is 0 Å². The van der Waals surface area contributed by atoms with Crippen molar-refractivity contribution >= 4 is 5.90 Å². The predicted octanol–water partition coefficient (Wildman–Crippen LogP) is 2.11. The number of ether oxygens (including phenoxy) is 1. The van der Waals surface area contributed by atoms with E-state index in [1.54, 1.807) is 0 Å². The third-order valence-electron chi connectivity index (χ3n) is 2.99. The molecular weight excluding hydrogens is 200 g/mol. The van der Waals surface area contributed by atoms with Crippen molar-refractivity contribution in [3.8, 4) is 0 Å². The Morgan fingerprint density at radius 1 is 1.31 bits per heavy atom. The molecule has 0 saturated carbocycles. The Hall–Kier alpha value is -1.35. The highest BCUT2D eigenvalue weighted by molar-refractivity contribution is 5.82. The molecule has 0 aromatic heterocycles. The van der Waals surface area contributed by atoms with Crippen molar-refractivity contribution in [2.24, 2.45) is 4.99 Å². The second-order valence-electron chi connectivity index (χ2n) is 4.34. The van der Waals surface area contributed by atoms with Crippen LogP contribution in [0.4, 0.5) is 0 Å². The molecule has 1 aromatic carbocycles. The minimum absolute atomic E-state index is 0.165. The normalized spacial score (nSPS) is 21.8. The molecule has 16 heavy (non-hydrogen) atoms. The number of hydrogen-bond donors (Lipinski definition) is 0. The van der Waals surface area contributed by atoms with Crippen molar-refractivity contribution < 1.29 is 4.74 Å². The van der Waals surface area contributed by atoms with Crippen molar-refractivity contribution in [3.63, 3.8) is 0 Å². The average molecular weight is 218 g/mol. The van der Waals surface area contributed by atoms with Crippen LogP contribution in [0.2, 0.25) is 0 Å². The monoisotopic (exact) mass is 218 g/mol. The fourth-order valence-corrected chi connectivity index (χ4v) is 1.69. The summed E-state index contributed by atoms with van der Waals surface area (Å²) in [6.07, 6.45) is 0. The lowest BCUT2D eigenvalue weighted by Gasteiger charge is -2.18. The van der Waals surface area contributed by atoms with Crippen LogP contribution in [0.1, 0.15) is 18.5 Å². The molecule has 1 aliphatic heterocycles. The molecule has 1 aromatic rings. The minimum Gasteiger partial charge on any atom is -0.477 e. The van der Waals surface area contributed by atoms with Crippen LogP contribution >= 0.6 is 0 Å². The molecule has 0 saturated heterocycles. The first kappa shape index (κ1) is 11.1. The molecule has 0 aliphatic carbocycles. The summed E-state index contributed by atoms with van der Waals surface area (Å²) < 4.78 is 5.65. The third-order valence-corrected chi connectivity index (χ3v) is 2.99. The van der Waals surface area contributed by atoms with Crippen LogP contribution in [0.5, 0.6) is 0 Å². The zero-order valence-electron chi connectivity index (χ0n) is 10.1. The molecule has 0 bridgehead atoms. The van der Waals surface area contributed by atoms with Crippen LogP contribution < -0.4 is 0 Å². The molecule has 0 amide bonds. The highest BCUT2D eigenvalue weighted by Gasteiger charge is 2.24. The van der Waals surface area contributed by atoms with Gasteiger partial charge in [-0.1, -0.05) is 30.3 Å². The largest absolute Gasteiger partial charge is 0.477 e. The first-order valence-electron chi connectivity index (χ1n) is 5.60. The lowest BCUT2D eigenvalue weighted by atomic mass is 10.1. The van der Waals surface area contributed by atoms with Gasteiger partial charge in [0.05, 0.1) is 6.04 Å². The van der Waals surface area contributed by atoms with Crippen molar-refractivity contribution in [1.29, 1.82) is 0 Å². The number of aliphatic imine (C=N–C) groups is 1. The molecule has 0 radical (unpaired) electrons. The lowest BCUT2D eigenvalue weighted by Crippen LogP contribution is -2.32. The Bertz CT molecular complexity index is 373. The van der Waals surface area contributed by atoms with Crippen molar-refractivity contribution in [2.45, 2.75) is 19.0 Å². The number of likely N-dealkylation sites (N-methyl/N-ethyl adjacent to an activating group) is 1. The number of hydrogen-bond acceptors (Lipinski definition) is 3. The maximum Gasteiger partial charge on any atom is 0.201 e. The molecule has 0 spiro atoms. The quantitative estimate of drug-likeness (QED) is 0.776. The van der Waals surface area contributed by atoms with Gasteiger partial charge < -0.3 is 4.74 Å². The molecule has 1 aliphatic rings. The maximum atomic E-state index is 5.65. The van der Waals surface area contributed by atoms with E-state index < -0.39 is 0 Å². The van der Waals surface area contributed by atoms with Gasteiger partial charge in [-0.05, 0) is 26.6 Å². The van der Waals surface area contributed by atoms with Gasteiger partial charge in [0.2, 0.25) is 5.90 Å². The Kier molecular flexibility index (Phi) is 3.25. The number of nitrogens with zero attached hydrogens (tertiary/aromatic N) is 2. The summed E-state index contributed by atoms with van der Waals surface area (Å²) in [5, 5.41) is 0. The van der Waals surface area contributed by atoms with Gasteiger partial charge in [0.1, 0.15) is 12.6 Å². The van der Waals surface area contributed by atoms with E-state index in [1.165, 1.54) is 5.56 Å². The Morgan fingerprint density at radius 3 is 2.62 bits per heavy atom. The van der Waals surface area contributed by atoms with Gasteiger partial charge in [0.15, 0.2) is 0 Å². The maximum absolute atomic E-state index is 5.65. The molecule has 1 heterocycles. The van der Waals surface area contributed by atoms with Crippen LogP contribution in [0.15, 0.2) is 35.3 Å². The van der Waals surface area contributed by atoms with E-state index in [1.807, 2.05) is 32.3 Å². The summed E-state index contributed by atoms with van der Waals surface area (Å²) in [7, 11) is 4.07. The van der Waals surface area contributed by atoms with Crippen LogP contribution in [-0.2, 0) is 4.74 Å². The first-order valence-corrected chi connectivity index (χ1v) is 5.60. The smallest absolute Gasteiger partial charge is 0.201 e. The molecular formula is C13H18N2O. The average Bonchev–Trinajstić information content (AvgIpc) is 2.78. The fourth-order valence-electron chi connectivity index (χ4n) is 1.69. The van der Waals surface area contributed by atoms with Crippen LogP contribution in [-0.4, -0.2) is 37.5 Å². The van der Waals surface area contributed by atoms with Crippen LogP contribution in [0.25, 0.3) is 0 Å². The zero-order chi connectivity index (χ0) is 11.5. The number of benzene rings is 1. The second kappa shape index (κ2) is 4.66. The standard InChI is InChI=1S/C13H18N2O/c1-10(15(2)3)13-14-12(9-16-13)11-7-5-4-6-8-11/h4-8,10,12H,9H2,1-3H3/t10?,12-/m0/s1. The van der Waals surface area contributed by atoms with Gasteiger partial charge in [-0.15, -0.1) is 0 Å². The summed E-state index contributed by atoms with van der Waals surface area (Å²) in [5.41, 5.74) is 1.23. The third kappa shape index (κ3) is 2.25. The van der Waals surface area contributed by atoms with Crippen molar-refractivity contribution in [1.82, 2.24) is 4.90 Å². The van der Waals surface area contributed by atoms with E-state index in [9.17, 15) is 0 Å². The predicted molar refractivity (Wildman–Crippen MR) is 65.7 cm³/mol. The highest BCUT2D eigenvalue weighted by atomic mass is 16.5. The molecule has 0 fully saturated rings. The highest BCUT2D eigenvalue weighted by Crippen LogP contribution is 2.23. The number of rotatable bonds is 3. The van der Waals surface area contributed by atoms with Gasteiger partial charge >= 0.3 is 0 Å². The Balaban J connectivity index is 2.12. The molecule has 2 atom stereocenters. The van der Waals surface area contributed by atoms with E-state index in [4.69, 9.17) is 4.74 Å². The molecule has 2 rings (SSSR count). The van der Waals surface area contributed by atoms with E-state index in [-0.39, 0.29) is 12.1 Å². The van der Waals surface area contributed by atoms with Gasteiger partial charge in [-0.25, -0.2) is 4.99 Å². The Morgan fingerprint density at radius 2 is 2.00 bits per heavy atom. The van der Waals surface area contributed by atoms with Crippen molar-refractivity contribution in [2.75, 3.05) is 20.7 Å². The topological polar surface area (TPSA) is 24.8 Å². The van der Waals surface area contributed by atoms with E-state index in [2.05, 4.69) is 28.9 Å². The van der Waals surface area contributed by atoms with Gasteiger partial charge in [-0.3, -0.25) is 4.90 Å². The molecule has 3 nitrogen and oxygen atoms in total. The van der Waals surface area contributed by atoms with Crippen LogP contribution in [0, 0.1) is 0 Å². The summed E-state index contributed by atoms with van der Waals surface area (Å²) >= 11 is 0. The summed E-state index contributed by atoms with van der Waals surface area (Å²) in [6.45, 7) is 2.77. The van der Waals surface area contributed by atoms with E-state index in [0.717, 1.165) is 5.90 Å². The molecule has 1 unspecified atom stereocenters. The van der Waals surface area contributed by atoms with Gasteiger partial charge in [0, 0.05) is 0 Å². The molecule has 3 heteroatoms. The fraction of sp³-hybridized carbons (Fsp3) is 0.462. The Labute approximate surface area is 96.7 Å². The second-order valence-corrected chi connectivity index (χ2v) is 4.34. The summed E-state index contributed by atoms with van der Waals surface area (Å²) in [5.74, 6) is 0.846. The first-order chi connectivity index (χ1) is 7.68. The van der Waals surface area contributed by atoms with Crippen LogP contribution in [0.3, 0.4) is 0 Å². The van der Waals surface area contributed by atoms with E-state index in [0.29, 0.717) is 6.61 Å². The minimum atomic E-state index is 0.165. The van der Waals surface area contributed by atoms with Gasteiger partial charge in [0.25, 0.3) is 0 Å². The zero-order valence-corrected chi connectivity index (χ0v) is 10.1. The SMILES string of the molecule is CC(C1=N[C@H](c2ccccc2)CO1)N(C)C. The summed E-state index contributed by atoms with van der Waals surface area (Å²) in [6, 6.07) is 10.7.